The molecule has 2 aromatic rings. The molecular weight excluding hydrogens is 504 g/mol. The third kappa shape index (κ3) is 5.36. The molecule has 2 saturated heterocycles. The van der Waals surface area contributed by atoms with Gasteiger partial charge in [-0.2, -0.15) is 5.10 Å². The first kappa shape index (κ1) is 26.4. The highest BCUT2D eigenvalue weighted by Crippen LogP contribution is 2.33. The summed E-state index contributed by atoms with van der Waals surface area (Å²) in [7, 11) is 0. The van der Waals surface area contributed by atoms with Gasteiger partial charge in [0.2, 0.25) is 11.8 Å². The molecule has 5 rings (SSSR count). The Kier molecular flexibility index (Phi) is 6.87. The van der Waals surface area contributed by atoms with E-state index in [9.17, 15) is 24.0 Å². The number of fused-ring (bicyclic) bond motifs is 1. The number of likely N-dealkylation sites (tertiary alicyclic amines) is 1. The summed E-state index contributed by atoms with van der Waals surface area (Å²) in [6, 6.07) is 4.10. The predicted octanol–water partition coefficient (Wildman–Crippen LogP) is 2.47. The molecule has 12 nitrogen and oxygen atoms in total. The molecule has 1 atom stereocenters. The molecule has 0 spiro atoms. The summed E-state index contributed by atoms with van der Waals surface area (Å²) in [4.78, 5) is 65.2. The van der Waals surface area contributed by atoms with Gasteiger partial charge in [-0.05, 0) is 52.2 Å². The number of rotatable bonds is 5. The number of ether oxygens (including phenoxy) is 1. The molecule has 0 saturated carbocycles. The fourth-order valence-corrected chi connectivity index (χ4v) is 5.17. The van der Waals surface area contributed by atoms with Crippen molar-refractivity contribution in [2.75, 3.05) is 18.4 Å². The number of nitrogens with one attached hydrogen (secondary N) is 2. The average Bonchev–Trinajstić information content (AvgIpc) is 3.45. The van der Waals surface area contributed by atoms with Gasteiger partial charge in [-0.25, -0.2) is 4.79 Å². The SMILES string of the molecule is CC(C)(C)OC(=O)N1CCC(n2cc(CNc3cccc4c3C(=O)N([C@@H]3CCC(=O)NC3=O)C4=O)cn2)CC1. The molecule has 0 aliphatic carbocycles. The third-order valence-electron chi connectivity index (χ3n) is 7.10. The van der Waals surface area contributed by atoms with E-state index in [0.717, 1.165) is 23.3 Å². The van der Waals surface area contributed by atoms with Crippen LogP contribution in [0.1, 0.15) is 78.8 Å². The quantitative estimate of drug-likeness (QED) is 0.555. The molecule has 0 unspecified atom stereocenters. The lowest BCUT2D eigenvalue weighted by Crippen LogP contribution is -2.54. The van der Waals surface area contributed by atoms with E-state index in [1.165, 1.54) is 0 Å². The van der Waals surface area contributed by atoms with Gasteiger partial charge >= 0.3 is 6.09 Å². The number of carbonyl (C=O) groups is 5. The highest BCUT2D eigenvalue weighted by Gasteiger charge is 2.45. The molecule has 12 heteroatoms. The van der Waals surface area contributed by atoms with Crippen molar-refractivity contribution in [1.29, 1.82) is 0 Å². The molecule has 1 aromatic heterocycles. The number of piperidine rings is 2. The van der Waals surface area contributed by atoms with E-state index in [0.29, 0.717) is 25.3 Å². The lowest BCUT2D eigenvalue weighted by atomic mass is 10.0. The second-order valence-corrected chi connectivity index (χ2v) is 11.1. The number of imide groups is 2. The van der Waals surface area contributed by atoms with E-state index in [1.807, 2.05) is 31.6 Å². The van der Waals surface area contributed by atoms with Crippen LogP contribution in [0, 0.1) is 0 Å². The highest BCUT2D eigenvalue weighted by molar-refractivity contribution is 6.25. The molecule has 3 aliphatic heterocycles. The first-order valence-electron chi connectivity index (χ1n) is 13.1. The van der Waals surface area contributed by atoms with Gasteiger partial charge in [-0.3, -0.25) is 34.1 Å². The van der Waals surface area contributed by atoms with Crippen LogP contribution in [-0.4, -0.2) is 74.0 Å². The number of anilines is 1. The molecule has 0 bridgehead atoms. The van der Waals surface area contributed by atoms with E-state index in [1.54, 1.807) is 29.3 Å². The minimum atomic E-state index is -1.01. The Morgan fingerprint density at radius 3 is 2.54 bits per heavy atom. The fourth-order valence-electron chi connectivity index (χ4n) is 5.17. The van der Waals surface area contributed by atoms with E-state index < -0.39 is 35.3 Å². The highest BCUT2D eigenvalue weighted by atomic mass is 16.6. The van der Waals surface area contributed by atoms with Gasteiger partial charge in [0, 0.05) is 43.5 Å². The number of hydrogen-bond donors (Lipinski definition) is 2. The molecular formula is C27H32N6O6. The minimum Gasteiger partial charge on any atom is -0.444 e. The van der Waals surface area contributed by atoms with Crippen molar-refractivity contribution in [1.82, 2.24) is 24.9 Å². The Hall–Kier alpha value is -4.22. The van der Waals surface area contributed by atoms with Crippen LogP contribution in [0.2, 0.25) is 0 Å². The first-order chi connectivity index (χ1) is 18.5. The monoisotopic (exact) mass is 536 g/mol. The molecule has 1 aromatic carbocycles. The van der Waals surface area contributed by atoms with Gasteiger partial charge in [0.15, 0.2) is 0 Å². The molecule has 3 aliphatic rings. The number of hydrogen-bond acceptors (Lipinski definition) is 8. The first-order valence-corrected chi connectivity index (χ1v) is 13.1. The van der Waals surface area contributed by atoms with Crippen LogP contribution in [0.25, 0.3) is 0 Å². The molecule has 5 amide bonds. The Morgan fingerprint density at radius 1 is 1.10 bits per heavy atom. The van der Waals surface area contributed by atoms with Crippen molar-refractivity contribution < 1.29 is 28.7 Å². The number of carbonyl (C=O) groups excluding carboxylic acids is 5. The summed E-state index contributed by atoms with van der Waals surface area (Å²) in [5.74, 6) is -2.15. The lowest BCUT2D eigenvalue weighted by Gasteiger charge is -2.33. The topological polar surface area (TPSA) is 143 Å². The average molecular weight is 537 g/mol. The summed E-state index contributed by atoms with van der Waals surface area (Å²) in [5.41, 5.74) is 1.29. The normalized spacial score (nSPS) is 20.2. The maximum atomic E-state index is 13.3. The van der Waals surface area contributed by atoms with E-state index in [2.05, 4.69) is 15.7 Å². The standard InChI is InChI=1S/C27H32N6O6/c1-27(2,3)39-26(38)31-11-9-17(10-12-31)32-15-16(14-29-32)13-28-19-6-4-5-18-22(19)25(37)33(24(18)36)20-7-8-21(34)30-23(20)35/h4-6,14-15,17,20,28H,7-13H2,1-3H3,(H,30,34,35)/t20-/m1/s1. The summed E-state index contributed by atoms with van der Waals surface area (Å²) in [5, 5.41) is 9.95. The van der Waals surface area contributed by atoms with Crippen molar-refractivity contribution in [2.45, 2.75) is 70.7 Å². The van der Waals surface area contributed by atoms with Crippen LogP contribution >= 0.6 is 0 Å². The van der Waals surface area contributed by atoms with Gasteiger partial charge in [0.25, 0.3) is 11.8 Å². The summed E-state index contributed by atoms with van der Waals surface area (Å²) >= 11 is 0. The molecule has 39 heavy (non-hydrogen) atoms. The van der Waals surface area contributed by atoms with Crippen LogP contribution in [0.5, 0.6) is 0 Å². The molecule has 2 fully saturated rings. The summed E-state index contributed by atoms with van der Waals surface area (Å²) in [6.45, 7) is 7.09. The Labute approximate surface area is 225 Å². The van der Waals surface area contributed by atoms with Gasteiger partial charge in [-0.1, -0.05) is 6.07 Å². The summed E-state index contributed by atoms with van der Waals surface area (Å²) < 4.78 is 7.37. The van der Waals surface area contributed by atoms with Crippen molar-refractivity contribution in [2.24, 2.45) is 0 Å². The van der Waals surface area contributed by atoms with Crippen LogP contribution < -0.4 is 10.6 Å². The maximum Gasteiger partial charge on any atom is 0.410 e. The zero-order valence-corrected chi connectivity index (χ0v) is 22.2. The Balaban J connectivity index is 1.21. The van der Waals surface area contributed by atoms with Gasteiger partial charge in [-0.15, -0.1) is 0 Å². The van der Waals surface area contributed by atoms with Crippen molar-refractivity contribution in [3.63, 3.8) is 0 Å². The van der Waals surface area contributed by atoms with Crippen molar-refractivity contribution >= 4 is 35.4 Å². The fraction of sp³-hybridized carbons (Fsp3) is 0.481. The zero-order valence-electron chi connectivity index (χ0n) is 22.2. The second kappa shape index (κ2) is 10.2. The predicted molar refractivity (Wildman–Crippen MR) is 139 cm³/mol. The van der Waals surface area contributed by atoms with Crippen molar-refractivity contribution in [3.05, 3.63) is 47.3 Å². The van der Waals surface area contributed by atoms with Gasteiger partial charge in [0.1, 0.15) is 11.6 Å². The van der Waals surface area contributed by atoms with Gasteiger partial charge < -0.3 is 15.0 Å². The summed E-state index contributed by atoms with van der Waals surface area (Å²) in [6.07, 6.45) is 5.07. The molecule has 2 N–H and O–H groups in total. The maximum absolute atomic E-state index is 13.3. The van der Waals surface area contributed by atoms with Crippen LogP contribution in [-0.2, 0) is 20.9 Å². The largest absolute Gasteiger partial charge is 0.444 e. The Bertz CT molecular complexity index is 1340. The van der Waals surface area contributed by atoms with E-state index in [-0.39, 0.29) is 36.1 Å². The molecule has 0 radical (unpaired) electrons. The Morgan fingerprint density at radius 2 is 1.85 bits per heavy atom. The van der Waals surface area contributed by atoms with Crippen LogP contribution in [0.4, 0.5) is 10.5 Å². The lowest BCUT2D eigenvalue weighted by molar-refractivity contribution is -0.136. The van der Waals surface area contributed by atoms with Crippen LogP contribution in [0.15, 0.2) is 30.6 Å². The van der Waals surface area contributed by atoms with Gasteiger partial charge in [0.05, 0.1) is 23.4 Å². The second-order valence-electron chi connectivity index (χ2n) is 11.1. The number of benzene rings is 1. The van der Waals surface area contributed by atoms with Crippen LogP contribution in [0.3, 0.4) is 0 Å². The number of nitrogens with zero attached hydrogens (tertiary/aromatic N) is 4. The minimum absolute atomic E-state index is 0.0684. The third-order valence-corrected chi connectivity index (χ3v) is 7.10. The number of amides is 5. The van der Waals surface area contributed by atoms with Crippen molar-refractivity contribution in [3.8, 4) is 0 Å². The smallest absolute Gasteiger partial charge is 0.410 e. The zero-order chi connectivity index (χ0) is 27.9. The van der Waals surface area contributed by atoms with E-state index >= 15 is 0 Å². The number of aromatic nitrogens is 2. The van der Waals surface area contributed by atoms with E-state index in [4.69, 9.17) is 4.74 Å². The molecule has 4 heterocycles. The molecule has 206 valence electrons.